The van der Waals surface area contributed by atoms with Crippen LogP contribution in [0.4, 0.5) is 0 Å². The lowest BCUT2D eigenvalue weighted by Crippen LogP contribution is -2.36. The van der Waals surface area contributed by atoms with E-state index in [9.17, 15) is 0 Å². The Kier molecular flexibility index (Phi) is 2.97. The standard InChI is InChI=1S/C15H20N/c1-16(2,3)12-11-14-9-6-8-13-7-4-5-10-15(13)14/h4-10H,11-12H2,1-3H3/q+1. The van der Waals surface area contributed by atoms with Crippen molar-refractivity contribution >= 4 is 10.8 Å². The van der Waals surface area contributed by atoms with Crippen molar-refractivity contribution in [2.24, 2.45) is 0 Å². The SMILES string of the molecule is C[N+](C)(C)CCc1cccc2ccccc12. The number of likely N-dealkylation sites (N-methyl/N-ethyl adjacent to an activating group) is 1. The molecule has 16 heavy (non-hydrogen) atoms. The number of quaternary nitrogens is 1. The molecule has 84 valence electrons. The summed E-state index contributed by atoms with van der Waals surface area (Å²) in [6, 6.07) is 15.2. The average Bonchev–Trinajstić information content (AvgIpc) is 2.25. The van der Waals surface area contributed by atoms with Gasteiger partial charge in [0.25, 0.3) is 0 Å². The van der Waals surface area contributed by atoms with Crippen molar-refractivity contribution in [2.75, 3.05) is 27.7 Å². The molecule has 0 fully saturated rings. The van der Waals surface area contributed by atoms with Crippen LogP contribution >= 0.6 is 0 Å². The van der Waals surface area contributed by atoms with Gasteiger partial charge in [0.05, 0.1) is 27.7 Å². The largest absolute Gasteiger partial charge is 0.331 e. The lowest BCUT2D eigenvalue weighted by molar-refractivity contribution is -0.870. The molecule has 0 aliphatic heterocycles. The highest BCUT2D eigenvalue weighted by molar-refractivity contribution is 5.85. The summed E-state index contributed by atoms with van der Waals surface area (Å²) in [6.45, 7) is 1.17. The quantitative estimate of drug-likeness (QED) is 0.689. The number of fused-ring (bicyclic) bond motifs is 1. The second kappa shape index (κ2) is 4.26. The molecule has 0 unspecified atom stereocenters. The molecular weight excluding hydrogens is 194 g/mol. The lowest BCUT2D eigenvalue weighted by atomic mass is 10.0. The van der Waals surface area contributed by atoms with E-state index in [2.05, 4.69) is 63.6 Å². The van der Waals surface area contributed by atoms with Gasteiger partial charge in [-0.2, -0.15) is 0 Å². The Hall–Kier alpha value is -1.34. The minimum atomic E-state index is 1.02. The van der Waals surface area contributed by atoms with Crippen LogP contribution in [0.3, 0.4) is 0 Å². The zero-order chi connectivity index (χ0) is 11.6. The number of nitrogens with zero attached hydrogens (tertiary/aromatic N) is 1. The molecule has 0 aromatic heterocycles. The van der Waals surface area contributed by atoms with E-state index < -0.39 is 0 Å². The van der Waals surface area contributed by atoms with Gasteiger partial charge in [0.1, 0.15) is 0 Å². The average molecular weight is 214 g/mol. The molecule has 0 radical (unpaired) electrons. The van der Waals surface area contributed by atoms with Crippen LogP contribution in [0.15, 0.2) is 42.5 Å². The number of benzene rings is 2. The number of hydrogen-bond acceptors (Lipinski definition) is 0. The second-order valence-electron chi connectivity index (χ2n) is 5.40. The van der Waals surface area contributed by atoms with E-state index in [1.165, 1.54) is 22.9 Å². The minimum absolute atomic E-state index is 1.02. The molecule has 0 saturated carbocycles. The fourth-order valence-electron chi connectivity index (χ4n) is 1.97. The first-order valence-electron chi connectivity index (χ1n) is 5.83. The first-order chi connectivity index (χ1) is 7.56. The van der Waals surface area contributed by atoms with Crippen LogP contribution < -0.4 is 0 Å². The highest BCUT2D eigenvalue weighted by Gasteiger charge is 2.08. The number of rotatable bonds is 3. The van der Waals surface area contributed by atoms with Crippen LogP contribution in [-0.4, -0.2) is 32.2 Å². The van der Waals surface area contributed by atoms with Crippen molar-refractivity contribution in [3.63, 3.8) is 0 Å². The predicted octanol–water partition coefficient (Wildman–Crippen LogP) is 3.09. The molecule has 0 aliphatic rings. The monoisotopic (exact) mass is 214 g/mol. The summed E-state index contributed by atoms with van der Waals surface area (Å²) >= 11 is 0. The Bertz CT molecular complexity index is 475. The third kappa shape index (κ3) is 2.61. The van der Waals surface area contributed by atoms with E-state index in [4.69, 9.17) is 0 Å². The van der Waals surface area contributed by atoms with E-state index in [1.54, 1.807) is 0 Å². The van der Waals surface area contributed by atoms with Gasteiger partial charge in [0, 0.05) is 6.42 Å². The molecule has 0 saturated heterocycles. The first-order valence-corrected chi connectivity index (χ1v) is 5.83. The fourth-order valence-corrected chi connectivity index (χ4v) is 1.97. The molecule has 1 nitrogen and oxygen atoms in total. The van der Waals surface area contributed by atoms with E-state index in [-0.39, 0.29) is 0 Å². The molecule has 2 aromatic rings. The fraction of sp³-hybridized carbons (Fsp3) is 0.333. The number of hydrogen-bond donors (Lipinski definition) is 0. The van der Waals surface area contributed by atoms with Crippen molar-refractivity contribution < 1.29 is 4.48 Å². The van der Waals surface area contributed by atoms with Gasteiger partial charge >= 0.3 is 0 Å². The summed E-state index contributed by atoms with van der Waals surface area (Å²) in [4.78, 5) is 0. The highest BCUT2D eigenvalue weighted by atomic mass is 15.3. The molecule has 0 atom stereocenters. The van der Waals surface area contributed by atoms with Crippen molar-refractivity contribution in [2.45, 2.75) is 6.42 Å². The zero-order valence-electron chi connectivity index (χ0n) is 10.4. The van der Waals surface area contributed by atoms with Crippen LogP contribution in [0.2, 0.25) is 0 Å². The third-order valence-corrected chi connectivity index (χ3v) is 2.93. The van der Waals surface area contributed by atoms with E-state index in [1.807, 2.05) is 0 Å². The maximum atomic E-state index is 2.25. The summed E-state index contributed by atoms with van der Waals surface area (Å²) in [6.07, 6.45) is 1.14. The molecular formula is C15H20N+. The van der Waals surface area contributed by atoms with Gasteiger partial charge in [0.2, 0.25) is 0 Å². The Balaban J connectivity index is 2.30. The van der Waals surface area contributed by atoms with Gasteiger partial charge in [-0.25, -0.2) is 0 Å². The molecule has 0 aliphatic carbocycles. The normalized spacial score (nSPS) is 11.9. The molecule has 0 heterocycles. The molecule has 2 rings (SSSR count). The summed E-state index contributed by atoms with van der Waals surface area (Å²) < 4.78 is 1.02. The Morgan fingerprint density at radius 1 is 0.875 bits per heavy atom. The van der Waals surface area contributed by atoms with Gasteiger partial charge < -0.3 is 4.48 Å². The van der Waals surface area contributed by atoms with E-state index >= 15 is 0 Å². The zero-order valence-corrected chi connectivity index (χ0v) is 10.4. The predicted molar refractivity (Wildman–Crippen MR) is 70.6 cm³/mol. The first kappa shape index (κ1) is 11.2. The lowest BCUT2D eigenvalue weighted by Gasteiger charge is -2.24. The summed E-state index contributed by atoms with van der Waals surface area (Å²) in [5, 5.41) is 2.75. The van der Waals surface area contributed by atoms with E-state index in [0.29, 0.717) is 0 Å². The molecule has 0 amide bonds. The Morgan fingerprint density at radius 2 is 1.56 bits per heavy atom. The Morgan fingerprint density at radius 3 is 2.31 bits per heavy atom. The summed E-state index contributed by atoms with van der Waals surface area (Å²) in [5.74, 6) is 0. The minimum Gasteiger partial charge on any atom is -0.331 e. The topological polar surface area (TPSA) is 0 Å². The van der Waals surface area contributed by atoms with Crippen LogP contribution in [0.25, 0.3) is 10.8 Å². The third-order valence-electron chi connectivity index (χ3n) is 2.93. The van der Waals surface area contributed by atoms with Gasteiger partial charge in [-0.3, -0.25) is 0 Å². The molecule has 1 heteroatoms. The van der Waals surface area contributed by atoms with Crippen LogP contribution in [0, 0.1) is 0 Å². The Labute approximate surface area is 97.9 Å². The van der Waals surface area contributed by atoms with Crippen LogP contribution in [0.5, 0.6) is 0 Å². The van der Waals surface area contributed by atoms with Crippen molar-refractivity contribution in [3.8, 4) is 0 Å². The molecule has 0 spiro atoms. The van der Waals surface area contributed by atoms with Crippen LogP contribution in [-0.2, 0) is 6.42 Å². The molecule has 2 aromatic carbocycles. The van der Waals surface area contributed by atoms with Crippen molar-refractivity contribution in [1.29, 1.82) is 0 Å². The second-order valence-corrected chi connectivity index (χ2v) is 5.40. The van der Waals surface area contributed by atoms with Crippen molar-refractivity contribution in [3.05, 3.63) is 48.0 Å². The van der Waals surface area contributed by atoms with Gasteiger partial charge in [-0.05, 0) is 16.3 Å². The van der Waals surface area contributed by atoms with Gasteiger partial charge in [-0.15, -0.1) is 0 Å². The summed E-state index contributed by atoms with van der Waals surface area (Å²) in [7, 11) is 6.72. The van der Waals surface area contributed by atoms with E-state index in [0.717, 1.165) is 10.9 Å². The maximum absolute atomic E-state index is 2.25. The maximum Gasteiger partial charge on any atom is 0.0821 e. The summed E-state index contributed by atoms with van der Waals surface area (Å²) in [5.41, 5.74) is 1.46. The van der Waals surface area contributed by atoms with Crippen LogP contribution in [0.1, 0.15) is 5.56 Å². The van der Waals surface area contributed by atoms with Crippen molar-refractivity contribution in [1.82, 2.24) is 0 Å². The van der Waals surface area contributed by atoms with Gasteiger partial charge in [0.15, 0.2) is 0 Å². The smallest absolute Gasteiger partial charge is 0.0821 e. The van der Waals surface area contributed by atoms with Gasteiger partial charge in [-0.1, -0.05) is 42.5 Å². The molecule has 0 N–H and O–H groups in total. The highest BCUT2D eigenvalue weighted by Crippen LogP contribution is 2.19. The molecule has 0 bridgehead atoms.